The molecule has 0 saturated carbocycles. The Bertz CT molecular complexity index is 744. The molecule has 1 aliphatic heterocycles. The molecule has 0 spiro atoms. The summed E-state index contributed by atoms with van der Waals surface area (Å²) in [6, 6.07) is 4.59. The van der Waals surface area contributed by atoms with Crippen molar-refractivity contribution in [3.8, 4) is 0 Å². The fourth-order valence-electron chi connectivity index (χ4n) is 2.47. The van der Waals surface area contributed by atoms with Crippen LogP contribution in [0.4, 0.5) is 0 Å². The number of halogens is 1. The summed E-state index contributed by atoms with van der Waals surface area (Å²) >= 11 is 6.26. The van der Waals surface area contributed by atoms with E-state index in [1.54, 1.807) is 12.1 Å². The molecule has 0 radical (unpaired) electrons. The summed E-state index contributed by atoms with van der Waals surface area (Å²) in [4.78, 5) is 12.0. The Kier molecular flexibility index (Phi) is 5.49. The van der Waals surface area contributed by atoms with E-state index in [1.165, 1.54) is 17.4 Å². The fraction of sp³-hybridized carbons (Fsp3) is 0.438. The standard InChI is InChI=1S/C16H21ClN2O3S/c1-4-5-8-19-10-14(12(3)20)16(18-23(19,21)22)13-7-6-11(2)9-15(13)17/h6-7,9-10,16,18H,4-5,8H2,1-3H3. The summed E-state index contributed by atoms with van der Waals surface area (Å²) in [5.74, 6) is -0.185. The van der Waals surface area contributed by atoms with Crippen LogP contribution < -0.4 is 4.72 Å². The SMILES string of the molecule is CCCCN1C=C(C(C)=O)C(c2ccc(C)cc2Cl)NS1(=O)=O. The van der Waals surface area contributed by atoms with E-state index in [0.717, 1.165) is 18.4 Å². The number of carbonyl (C=O) groups is 1. The highest BCUT2D eigenvalue weighted by Gasteiger charge is 2.34. The lowest BCUT2D eigenvalue weighted by molar-refractivity contribution is -0.114. The molecule has 0 aromatic heterocycles. The summed E-state index contributed by atoms with van der Waals surface area (Å²) in [6.07, 6.45) is 3.02. The molecular formula is C16H21ClN2O3S. The molecule has 0 amide bonds. The third kappa shape index (κ3) is 3.94. The number of nitrogens with one attached hydrogen (secondary N) is 1. The zero-order valence-electron chi connectivity index (χ0n) is 13.5. The fourth-order valence-corrected chi connectivity index (χ4v) is 4.12. The predicted molar refractivity (Wildman–Crippen MR) is 91.4 cm³/mol. The van der Waals surface area contributed by atoms with Crippen LogP contribution in [0, 0.1) is 6.92 Å². The predicted octanol–water partition coefficient (Wildman–Crippen LogP) is 3.11. The zero-order chi connectivity index (χ0) is 17.2. The van der Waals surface area contributed by atoms with Gasteiger partial charge in [0.2, 0.25) is 0 Å². The molecule has 0 bridgehead atoms. The second-order valence-electron chi connectivity index (χ2n) is 5.69. The van der Waals surface area contributed by atoms with Crippen molar-refractivity contribution in [3.63, 3.8) is 0 Å². The molecule has 126 valence electrons. The second kappa shape index (κ2) is 7.03. The highest BCUT2D eigenvalue weighted by atomic mass is 35.5. The Labute approximate surface area is 142 Å². The number of benzene rings is 1. The van der Waals surface area contributed by atoms with E-state index in [0.29, 0.717) is 22.7 Å². The Morgan fingerprint density at radius 2 is 2.09 bits per heavy atom. The minimum absolute atomic E-state index is 0.185. The van der Waals surface area contributed by atoms with Gasteiger partial charge in [0, 0.05) is 23.3 Å². The maximum Gasteiger partial charge on any atom is 0.301 e. The first kappa shape index (κ1) is 18.0. The van der Waals surface area contributed by atoms with Gasteiger partial charge >= 0.3 is 10.2 Å². The van der Waals surface area contributed by atoms with Crippen LogP contribution in [0.1, 0.15) is 43.9 Å². The number of Topliss-reactive ketones (excluding diaryl/α,β-unsaturated/α-hetero) is 1. The van der Waals surface area contributed by atoms with Gasteiger partial charge in [-0.2, -0.15) is 13.1 Å². The van der Waals surface area contributed by atoms with Gasteiger partial charge in [-0.3, -0.25) is 9.10 Å². The molecule has 1 atom stereocenters. The van der Waals surface area contributed by atoms with Gasteiger partial charge in [0.15, 0.2) is 5.78 Å². The molecule has 0 saturated heterocycles. The highest BCUT2D eigenvalue weighted by molar-refractivity contribution is 7.87. The first-order valence-corrected chi connectivity index (χ1v) is 9.36. The maximum absolute atomic E-state index is 12.4. The molecule has 5 nitrogen and oxygen atoms in total. The number of nitrogens with zero attached hydrogens (tertiary/aromatic N) is 1. The van der Waals surface area contributed by atoms with Crippen molar-refractivity contribution in [1.82, 2.24) is 9.03 Å². The molecule has 7 heteroatoms. The molecule has 0 fully saturated rings. The molecule has 1 N–H and O–H groups in total. The molecule has 0 aliphatic carbocycles. The lowest BCUT2D eigenvalue weighted by Crippen LogP contribution is -2.45. The maximum atomic E-state index is 12.4. The number of rotatable bonds is 5. The van der Waals surface area contributed by atoms with Gasteiger partial charge in [0.25, 0.3) is 0 Å². The highest BCUT2D eigenvalue weighted by Crippen LogP contribution is 2.33. The van der Waals surface area contributed by atoms with E-state index in [4.69, 9.17) is 11.6 Å². The topological polar surface area (TPSA) is 66.5 Å². The van der Waals surface area contributed by atoms with Gasteiger partial charge in [0.05, 0.1) is 6.04 Å². The van der Waals surface area contributed by atoms with Gasteiger partial charge in [-0.25, -0.2) is 0 Å². The van der Waals surface area contributed by atoms with E-state index < -0.39 is 16.3 Å². The Morgan fingerprint density at radius 1 is 1.39 bits per heavy atom. The van der Waals surface area contributed by atoms with Crippen molar-refractivity contribution < 1.29 is 13.2 Å². The minimum atomic E-state index is -3.69. The number of aryl methyl sites for hydroxylation is 1. The monoisotopic (exact) mass is 356 g/mol. The van der Waals surface area contributed by atoms with Gasteiger partial charge in [0.1, 0.15) is 0 Å². The van der Waals surface area contributed by atoms with Crippen LogP contribution in [-0.2, 0) is 15.0 Å². The Morgan fingerprint density at radius 3 is 2.65 bits per heavy atom. The van der Waals surface area contributed by atoms with E-state index in [9.17, 15) is 13.2 Å². The molecule has 2 rings (SSSR count). The summed E-state index contributed by atoms with van der Waals surface area (Å²) in [6.45, 7) is 5.65. The zero-order valence-corrected chi connectivity index (χ0v) is 15.0. The van der Waals surface area contributed by atoms with Crippen LogP contribution in [0.25, 0.3) is 0 Å². The summed E-state index contributed by atoms with van der Waals surface area (Å²) in [7, 11) is -3.69. The normalized spacial score (nSPS) is 20.3. The van der Waals surface area contributed by atoms with E-state index in [1.807, 2.05) is 19.9 Å². The van der Waals surface area contributed by atoms with Crippen molar-refractivity contribution in [1.29, 1.82) is 0 Å². The lowest BCUT2D eigenvalue weighted by atomic mass is 9.96. The second-order valence-corrected chi connectivity index (χ2v) is 7.75. The molecule has 1 aliphatic rings. The molecular weight excluding hydrogens is 336 g/mol. The average molecular weight is 357 g/mol. The number of carbonyl (C=O) groups excluding carboxylic acids is 1. The quantitative estimate of drug-likeness (QED) is 0.881. The summed E-state index contributed by atoms with van der Waals surface area (Å²) in [5, 5.41) is 0.437. The van der Waals surface area contributed by atoms with Gasteiger partial charge in [-0.05, 0) is 37.5 Å². The van der Waals surface area contributed by atoms with Crippen LogP contribution in [0.5, 0.6) is 0 Å². The van der Waals surface area contributed by atoms with Crippen molar-refractivity contribution in [2.45, 2.75) is 39.7 Å². The van der Waals surface area contributed by atoms with E-state index in [2.05, 4.69) is 4.72 Å². The number of unbranched alkanes of at least 4 members (excludes halogenated alkanes) is 1. The van der Waals surface area contributed by atoms with Crippen LogP contribution in [0.2, 0.25) is 5.02 Å². The molecule has 1 heterocycles. The van der Waals surface area contributed by atoms with Crippen molar-refractivity contribution in [2.24, 2.45) is 0 Å². The summed E-state index contributed by atoms with van der Waals surface area (Å²) in [5.41, 5.74) is 1.94. The van der Waals surface area contributed by atoms with Crippen LogP contribution in [0.3, 0.4) is 0 Å². The van der Waals surface area contributed by atoms with Crippen molar-refractivity contribution >= 4 is 27.6 Å². The Balaban J connectivity index is 2.49. The number of hydrogen-bond donors (Lipinski definition) is 1. The van der Waals surface area contributed by atoms with E-state index >= 15 is 0 Å². The Hall–Kier alpha value is -1.37. The van der Waals surface area contributed by atoms with Gasteiger partial charge in [-0.15, -0.1) is 0 Å². The average Bonchev–Trinajstić information content (AvgIpc) is 2.44. The van der Waals surface area contributed by atoms with Crippen LogP contribution >= 0.6 is 11.6 Å². The van der Waals surface area contributed by atoms with Gasteiger partial charge in [-0.1, -0.05) is 37.1 Å². The molecule has 23 heavy (non-hydrogen) atoms. The van der Waals surface area contributed by atoms with Crippen molar-refractivity contribution in [2.75, 3.05) is 6.54 Å². The van der Waals surface area contributed by atoms with Crippen LogP contribution in [-0.4, -0.2) is 25.1 Å². The molecule has 1 aromatic rings. The first-order valence-electron chi connectivity index (χ1n) is 7.54. The molecule has 1 aromatic carbocycles. The largest absolute Gasteiger partial charge is 0.301 e. The molecule has 1 unspecified atom stereocenters. The van der Waals surface area contributed by atoms with Crippen molar-refractivity contribution in [3.05, 3.63) is 46.1 Å². The first-order chi connectivity index (χ1) is 10.8. The van der Waals surface area contributed by atoms with E-state index in [-0.39, 0.29) is 5.78 Å². The van der Waals surface area contributed by atoms with Gasteiger partial charge < -0.3 is 0 Å². The third-order valence-corrected chi connectivity index (χ3v) is 5.54. The summed E-state index contributed by atoms with van der Waals surface area (Å²) < 4.78 is 28.7. The minimum Gasteiger partial charge on any atom is -0.295 e. The van der Waals surface area contributed by atoms with Crippen LogP contribution in [0.15, 0.2) is 30.0 Å². The smallest absolute Gasteiger partial charge is 0.295 e. The number of ketones is 1. The number of hydrogen-bond acceptors (Lipinski definition) is 3. The lowest BCUT2D eigenvalue weighted by Gasteiger charge is -2.32. The third-order valence-electron chi connectivity index (χ3n) is 3.78.